The zero-order chi connectivity index (χ0) is 43.5. The number of rotatable bonds is 43. The maximum Gasteiger partial charge on any atom is 0.362 e. The van der Waals surface area contributed by atoms with Crippen LogP contribution in [-0.4, -0.2) is 80.6 Å². The van der Waals surface area contributed by atoms with Crippen LogP contribution in [0.5, 0.6) is 0 Å². The van der Waals surface area contributed by atoms with Crippen LogP contribution in [0.1, 0.15) is 206 Å². The number of carbonyl (C=O) groups excluding carboxylic acids is 2. The average Bonchev–Trinajstić information content (AvgIpc) is 3.19. The third kappa shape index (κ3) is 40.5. The summed E-state index contributed by atoms with van der Waals surface area (Å²) in [6.45, 7) is 4.68. The molecule has 2 unspecified atom stereocenters. The second kappa shape index (κ2) is 42.0. The Hall–Kier alpha value is -2.71. The first-order valence-corrected chi connectivity index (χ1v) is 24.2. The first-order valence-electron chi connectivity index (χ1n) is 24.2. The first kappa shape index (κ1) is 56.3. The molecule has 0 amide bonds. The summed E-state index contributed by atoms with van der Waals surface area (Å²) in [6, 6.07) is -0.624. The van der Waals surface area contributed by atoms with Gasteiger partial charge in [0.2, 0.25) is 0 Å². The van der Waals surface area contributed by atoms with Gasteiger partial charge in [-0.1, -0.05) is 165 Å². The molecule has 8 heteroatoms. The summed E-state index contributed by atoms with van der Waals surface area (Å²) < 4.78 is 17.3. The minimum Gasteiger partial charge on any atom is -0.477 e. The minimum absolute atomic E-state index is 0.0420. The topological polar surface area (TPSA) is 99.1 Å². The highest BCUT2D eigenvalue weighted by atomic mass is 16.6. The van der Waals surface area contributed by atoms with Crippen LogP contribution in [0.25, 0.3) is 0 Å². The molecule has 0 aliphatic rings. The van der Waals surface area contributed by atoms with E-state index in [0.717, 1.165) is 51.4 Å². The highest BCUT2D eigenvalue weighted by molar-refractivity contribution is 5.72. The summed E-state index contributed by atoms with van der Waals surface area (Å²) in [7, 11) is 5.51. The molecule has 0 radical (unpaired) electrons. The molecule has 0 heterocycles. The van der Waals surface area contributed by atoms with Crippen molar-refractivity contribution in [2.45, 2.75) is 219 Å². The van der Waals surface area contributed by atoms with E-state index in [2.05, 4.69) is 62.5 Å². The molecule has 1 N–H and O–H groups in total. The second-order valence-corrected chi connectivity index (χ2v) is 17.4. The van der Waals surface area contributed by atoms with Crippen molar-refractivity contribution in [3.8, 4) is 0 Å². The minimum atomic E-state index is -0.883. The Bertz CT molecular complexity index is 1110. The summed E-state index contributed by atoms with van der Waals surface area (Å²) in [6.07, 6.45) is 50.2. The van der Waals surface area contributed by atoms with E-state index < -0.39 is 18.1 Å². The number of quaternary nitrogens is 1. The standard InChI is InChI=1S/C51H91NO7/c1-6-8-10-12-14-16-18-20-22-24-26-28-30-32-34-36-38-40-42-50(54)59-47(45-57-44-43-48(51(55)56)52(3,4)5)46-58-49(53)41-39-37-35-33-31-29-27-25-23-21-19-17-15-13-11-9-7-2/h21,23,26-29,33,35,47-48H,6-20,22,24-25,30-32,34,36-46H2,1-5H3/p+1/b23-21+,28-26+,29-27+,35-33+. The molecule has 0 aromatic rings. The number of carboxylic acid groups (broad SMARTS) is 1. The van der Waals surface area contributed by atoms with E-state index in [1.54, 1.807) is 0 Å². The quantitative estimate of drug-likeness (QED) is 0.0283. The number of aliphatic carboxylic acids is 1. The van der Waals surface area contributed by atoms with Gasteiger partial charge in [-0.05, 0) is 70.6 Å². The Morgan fingerprint density at radius 2 is 0.915 bits per heavy atom. The zero-order valence-electron chi connectivity index (χ0n) is 39.0. The molecule has 0 saturated heterocycles. The van der Waals surface area contributed by atoms with Crippen molar-refractivity contribution in [1.29, 1.82) is 0 Å². The van der Waals surface area contributed by atoms with Gasteiger partial charge in [0, 0.05) is 19.3 Å². The number of likely N-dealkylation sites (N-methyl/N-ethyl adjacent to an activating group) is 1. The smallest absolute Gasteiger partial charge is 0.362 e. The van der Waals surface area contributed by atoms with Gasteiger partial charge < -0.3 is 23.8 Å². The van der Waals surface area contributed by atoms with Gasteiger partial charge in [-0.15, -0.1) is 0 Å². The molecule has 59 heavy (non-hydrogen) atoms. The van der Waals surface area contributed by atoms with Crippen LogP contribution >= 0.6 is 0 Å². The fourth-order valence-corrected chi connectivity index (χ4v) is 6.93. The predicted octanol–water partition coefficient (Wildman–Crippen LogP) is 13.6. The number of carboxylic acids is 1. The molecule has 0 fully saturated rings. The number of allylic oxidation sites excluding steroid dienone is 8. The number of hydrogen-bond acceptors (Lipinski definition) is 6. The molecular formula is C51H92NO7+. The molecule has 0 spiro atoms. The van der Waals surface area contributed by atoms with E-state index >= 15 is 0 Å². The first-order chi connectivity index (χ1) is 28.6. The lowest BCUT2D eigenvalue weighted by Crippen LogP contribution is -2.50. The van der Waals surface area contributed by atoms with Gasteiger partial charge in [0.1, 0.15) is 6.61 Å². The van der Waals surface area contributed by atoms with E-state index in [1.807, 2.05) is 21.1 Å². The second-order valence-electron chi connectivity index (χ2n) is 17.4. The van der Waals surface area contributed by atoms with Gasteiger partial charge in [0.25, 0.3) is 0 Å². The van der Waals surface area contributed by atoms with Gasteiger partial charge in [-0.2, -0.15) is 0 Å². The molecule has 0 aliphatic carbocycles. The molecule has 0 aliphatic heterocycles. The fourth-order valence-electron chi connectivity index (χ4n) is 6.93. The fraction of sp³-hybridized carbons (Fsp3) is 0.784. The Kier molecular flexibility index (Phi) is 40.1. The van der Waals surface area contributed by atoms with Crippen molar-refractivity contribution < 1.29 is 38.2 Å². The third-order valence-corrected chi connectivity index (χ3v) is 10.7. The summed E-state index contributed by atoms with van der Waals surface area (Å²) in [5.74, 6) is -1.54. The van der Waals surface area contributed by atoms with Gasteiger partial charge >= 0.3 is 17.9 Å². The number of ether oxygens (including phenoxy) is 3. The molecule has 0 aromatic carbocycles. The van der Waals surface area contributed by atoms with Gasteiger partial charge in [0.15, 0.2) is 12.1 Å². The van der Waals surface area contributed by atoms with Gasteiger partial charge in [-0.25, -0.2) is 4.79 Å². The van der Waals surface area contributed by atoms with Crippen LogP contribution in [-0.2, 0) is 28.6 Å². The van der Waals surface area contributed by atoms with Crippen molar-refractivity contribution >= 4 is 17.9 Å². The molecular weight excluding hydrogens is 739 g/mol. The summed E-state index contributed by atoms with van der Waals surface area (Å²) in [5, 5.41) is 9.63. The van der Waals surface area contributed by atoms with Gasteiger partial charge in [-0.3, -0.25) is 9.59 Å². The number of unbranched alkanes of at least 4 members (excludes halogenated alkanes) is 21. The Morgan fingerprint density at radius 1 is 0.508 bits per heavy atom. The monoisotopic (exact) mass is 831 g/mol. The van der Waals surface area contributed by atoms with Crippen molar-refractivity contribution in [2.24, 2.45) is 0 Å². The molecule has 2 atom stereocenters. The molecule has 342 valence electrons. The van der Waals surface area contributed by atoms with E-state index in [0.29, 0.717) is 19.3 Å². The molecule has 0 rings (SSSR count). The lowest BCUT2D eigenvalue weighted by Gasteiger charge is -2.31. The maximum atomic E-state index is 12.8. The van der Waals surface area contributed by atoms with Gasteiger partial charge in [0.05, 0.1) is 34.4 Å². The average molecular weight is 831 g/mol. The van der Waals surface area contributed by atoms with Crippen molar-refractivity contribution in [3.05, 3.63) is 48.6 Å². The van der Waals surface area contributed by atoms with Crippen LogP contribution < -0.4 is 0 Å². The van der Waals surface area contributed by atoms with Crippen molar-refractivity contribution in [2.75, 3.05) is 41.0 Å². The van der Waals surface area contributed by atoms with Crippen LogP contribution in [0.3, 0.4) is 0 Å². The Balaban J connectivity index is 4.38. The van der Waals surface area contributed by atoms with E-state index in [4.69, 9.17) is 14.2 Å². The van der Waals surface area contributed by atoms with E-state index in [1.165, 1.54) is 116 Å². The van der Waals surface area contributed by atoms with E-state index in [-0.39, 0.29) is 42.7 Å². The summed E-state index contributed by atoms with van der Waals surface area (Å²) in [5.41, 5.74) is 0. The lowest BCUT2D eigenvalue weighted by molar-refractivity contribution is -0.887. The highest BCUT2D eigenvalue weighted by Crippen LogP contribution is 2.14. The molecule has 0 bridgehead atoms. The number of carbonyl (C=O) groups is 3. The summed E-state index contributed by atoms with van der Waals surface area (Å²) in [4.78, 5) is 37.0. The molecule has 8 nitrogen and oxygen atoms in total. The van der Waals surface area contributed by atoms with E-state index in [9.17, 15) is 19.5 Å². The number of nitrogens with zero attached hydrogens (tertiary/aromatic N) is 1. The highest BCUT2D eigenvalue weighted by Gasteiger charge is 2.31. The van der Waals surface area contributed by atoms with Crippen LogP contribution in [0.4, 0.5) is 0 Å². The van der Waals surface area contributed by atoms with Crippen LogP contribution in [0, 0.1) is 0 Å². The lowest BCUT2D eigenvalue weighted by atomic mass is 10.1. The predicted molar refractivity (Wildman–Crippen MR) is 248 cm³/mol. The van der Waals surface area contributed by atoms with Crippen molar-refractivity contribution in [3.63, 3.8) is 0 Å². The maximum absolute atomic E-state index is 12.8. The molecule has 0 aromatic heterocycles. The molecule has 0 saturated carbocycles. The van der Waals surface area contributed by atoms with Crippen molar-refractivity contribution in [1.82, 2.24) is 0 Å². The SMILES string of the molecule is CCCCCCCC/C=C/C/C=C/C/C=C/CCCC(=O)OCC(COCCC(C(=O)O)[N+](C)(C)C)OC(=O)CCCCCCC/C=C/CCCCCCCCCCC. The summed E-state index contributed by atoms with van der Waals surface area (Å²) >= 11 is 0. The normalized spacial score (nSPS) is 13.3. The largest absolute Gasteiger partial charge is 0.477 e. The number of hydrogen-bond donors (Lipinski definition) is 1. The number of esters is 2. The third-order valence-electron chi connectivity index (χ3n) is 10.7. The van der Waals surface area contributed by atoms with Crippen LogP contribution in [0.2, 0.25) is 0 Å². The zero-order valence-corrected chi connectivity index (χ0v) is 39.0. The van der Waals surface area contributed by atoms with Crippen LogP contribution in [0.15, 0.2) is 48.6 Å². The Morgan fingerprint density at radius 3 is 1.39 bits per heavy atom. The Labute approximate surface area is 363 Å².